The van der Waals surface area contributed by atoms with Crippen molar-refractivity contribution >= 4 is 29.1 Å². The van der Waals surface area contributed by atoms with Crippen molar-refractivity contribution in [2.24, 2.45) is 0 Å². The number of nitrogens with one attached hydrogen (secondary N) is 1. The highest BCUT2D eigenvalue weighted by Gasteiger charge is 2.29. The quantitative estimate of drug-likeness (QED) is 0.907. The minimum absolute atomic E-state index is 0.0307. The Balaban J connectivity index is 1.77. The average molecular weight is 313 g/mol. The molecule has 112 valence electrons. The van der Waals surface area contributed by atoms with E-state index in [1.807, 2.05) is 36.8 Å². The summed E-state index contributed by atoms with van der Waals surface area (Å²) >= 11 is 3.65. The topological polar surface area (TPSA) is 45.2 Å². The molecule has 0 saturated heterocycles. The monoisotopic (exact) mass is 313 g/mol. The number of urea groups is 1. The van der Waals surface area contributed by atoms with Gasteiger partial charge in [-0.05, 0) is 31.9 Å². The lowest BCUT2D eigenvalue weighted by Crippen LogP contribution is -2.42. The maximum atomic E-state index is 12.2. The van der Waals surface area contributed by atoms with Crippen molar-refractivity contribution in [1.82, 2.24) is 15.2 Å². The Labute approximate surface area is 129 Å². The smallest absolute Gasteiger partial charge is 0.317 e. The van der Waals surface area contributed by atoms with Gasteiger partial charge in [0.25, 0.3) is 0 Å². The van der Waals surface area contributed by atoms with Crippen LogP contribution in [0, 0.1) is 6.92 Å². The van der Waals surface area contributed by atoms with E-state index >= 15 is 0 Å². The van der Waals surface area contributed by atoms with E-state index in [9.17, 15) is 4.79 Å². The molecule has 1 N–H and O–H groups in total. The zero-order valence-electron chi connectivity index (χ0n) is 12.4. The lowest BCUT2D eigenvalue weighted by molar-refractivity contribution is 0.190. The highest BCUT2D eigenvalue weighted by molar-refractivity contribution is 7.99. The fourth-order valence-corrected chi connectivity index (χ4v) is 4.46. The molecule has 1 aliphatic rings. The first kappa shape index (κ1) is 15.6. The van der Waals surface area contributed by atoms with Crippen molar-refractivity contribution in [2.75, 3.05) is 12.8 Å². The van der Waals surface area contributed by atoms with E-state index in [0.29, 0.717) is 12.6 Å². The SMILES string of the molecule is CCSC1CCC(N(C)C(=O)NCc2cnc(C)s2)C1. The van der Waals surface area contributed by atoms with Crippen LogP contribution in [0.2, 0.25) is 0 Å². The number of thioether (sulfide) groups is 1. The third kappa shape index (κ3) is 4.12. The molecule has 2 rings (SSSR count). The Kier molecular flexibility index (Phi) is 5.72. The van der Waals surface area contributed by atoms with E-state index in [2.05, 4.69) is 17.2 Å². The Hall–Kier alpha value is -0.750. The van der Waals surface area contributed by atoms with Crippen LogP contribution in [0.5, 0.6) is 0 Å². The maximum Gasteiger partial charge on any atom is 0.317 e. The molecular formula is C14H23N3OS2. The molecule has 2 atom stereocenters. The van der Waals surface area contributed by atoms with Crippen LogP contribution in [0.15, 0.2) is 6.20 Å². The van der Waals surface area contributed by atoms with Crippen molar-refractivity contribution in [1.29, 1.82) is 0 Å². The molecule has 1 aliphatic carbocycles. The normalized spacial score (nSPS) is 21.9. The second kappa shape index (κ2) is 7.31. The van der Waals surface area contributed by atoms with Gasteiger partial charge in [-0.25, -0.2) is 9.78 Å². The molecule has 1 aromatic heterocycles. The lowest BCUT2D eigenvalue weighted by atomic mass is 10.2. The van der Waals surface area contributed by atoms with Gasteiger partial charge in [-0.3, -0.25) is 0 Å². The van der Waals surface area contributed by atoms with Crippen molar-refractivity contribution in [2.45, 2.75) is 50.9 Å². The number of nitrogens with zero attached hydrogens (tertiary/aromatic N) is 2. The second-order valence-electron chi connectivity index (χ2n) is 5.16. The molecule has 0 spiro atoms. The predicted octanol–water partition coefficient (Wildman–Crippen LogP) is 3.27. The number of carbonyl (C=O) groups is 1. The van der Waals surface area contributed by atoms with Gasteiger partial charge in [0.15, 0.2) is 0 Å². The highest BCUT2D eigenvalue weighted by atomic mass is 32.2. The van der Waals surface area contributed by atoms with Gasteiger partial charge >= 0.3 is 6.03 Å². The summed E-state index contributed by atoms with van der Waals surface area (Å²) in [4.78, 5) is 19.4. The van der Waals surface area contributed by atoms with Gasteiger partial charge in [-0.1, -0.05) is 6.92 Å². The molecule has 4 nitrogen and oxygen atoms in total. The predicted molar refractivity (Wildman–Crippen MR) is 86.4 cm³/mol. The first-order chi connectivity index (χ1) is 9.60. The molecule has 1 fully saturated rings. The van der Waals surface area contributed by atoms with Crippen LogP contribution in [0.3, 0.4) is 0 Å². The molecule has 2 unspecified atom stereocenters. The number of thiazole rings is 1. The van der Waals surface area contributed by atoms with Gasteiger partial charge in [-0.2, -0.15) is 11.8 Å². The van der Waals surface area contributed by atoms with E-state index in [0.717, 1.165) is 33.7 Å². The summed E-state index contributed by atoms with van der Waals surface area (Å²) in [7, 11) is 1.91. The van der Waals surface area contributed by atoms with E-state index in [4.69, 9.17) is 0 Å². The number of amides is 2. The van der Waals surface area contributed by atoms with Crippen LogP contribution in [0.25, 0.3) is 0 Å². The number of rotatable bonds is 5. The average Bonchev–Trinajstić information content (AvgIpc) is 3.05. The Morgan fingerprint density at radius 1 is 1.60 bits per heavy atom. The van der Waals surface area contributed by atoms with Gasteiger partial charge in [0.1, 0.15) is 0 Å². The zero-order valence-corrected chi connectivity index (χ0v) is 14.0. The molecule has 0 bridgehead atoms. The zero-order chi connectivity index (χ0) is 14.5. The number of aromatic nitrogens is 1. The summed E-state index contributed by atoms with van der Waals surface area (Å²) in [5.74, 6) is 1.16. The highest BCUT2D eigenvalue weighted by Crippen LogP contribution is 2.32. The largest absolute Gasteiger partial charge is 0.333 e. The number of carbonyl (C=O) groups excluding carboxylic acids is 1. The number of hydrogen-bond donors (Lipinski definition) is 1. The van der Waals surface area contributed by atoms with E-state index in [-0.39, 0.29) is 6.03 Å². The molecule has 1 saturated carbocycles. The van der Waals surface area contributed by atoms with Crippen molar-refractivity contribution in [3.63, 3.8) is 0 Å². The molecule has 2 amide bonds. The van der Waals surface area contributed by atoms with E-state index in [1.165, 1.54) is 6.42 Å². The Bertz CT molecular complexity index is 449. The third-order valence-electron chi connectivity index (χ3n) is 3.71. The third-order valence-corrected chi connectivity index (χ3v) is 5.86. The summed E-state index contributed by atoms with van der Waals surface area (Å²) < 4.78 is 0. The number of aryl methyl sites for hydroxylation is 1. The molecule has 1 aromatic rings. The summed E-state index contributed by atoms with van der Waals surface area (Å²) in [6.07, 6.45) is 5.32. The van der Waals surface area contributed by atoms with Crippen LogP contribution in [0.4, 0.5) is 4.79 Å². The van der Waals surface area contributed by atoms with Gasteiger partial charge in [0.05, 0.1) is 11.6 Å². The lowest BCUT2D eigenvalue weighted by Gasteiger charge is -2.24. The number of hydrogen-bond acceptors (Lipinski definition) is 4. The molecule has 1 heterocycles. The van der Waals surface area contributed by atoms with E-state index < -0.39 is 0 Å². The molecule has 0 aromatic carbocycles. The van der Waals surface area contributed by atoms with Gasteiger partial charge in [-0.15, -0.1) is 11.3 Å². The standard InChI is InChI=1S/C14H23N3OS2/c1-4-19-12-6-5-11(7-12)17(3)14(18)16-9-13-8-15-10(2)20-13/h8,11-12H,4-7,9H2,1-3H3,(H,16,18). The van der Waals surface area contributed by atoms with Crippen LogP contribution in [-0.2, 0) is 6.54 Å². The molecular weight excluding hydrogens is 290 g/mol. The fourth-order valence-electron chi connectivity index (χ4n) is 2.60. The summed E-state index contributed by atoms with van der Waals surface area (Å²) in [5.41, 5.74) is 0. The molecule has 6 heteroatoms. The summed E-state index contributed by atoms with van der Waals surface area (Å²) in [6.45, 7) is 4.76. The Morgan fingerprint density at radius 3 is 3.05 bits per heavy atom. The minimum atomic E-state index is 0.0307. The van der Waals surface area contributed by atoms with Crippen LogP contribution >= 0.6 is 23.1 Å². The molecule has 20 heavy (non-hydrogen) atoms. The summed E-state index contributed by atoms with van der Waals surface area (Å²) in [5, 5.41) is 4.75. The maximum absolute atomic E-state index is 12.2. The fraction of sp³-hybridized carbons (Fsp3) is 0.714. The van der Waals surface area contributed by atoms with Crippen molar-refractivity contribution < 1.29 is 4.79 Å². The van der Waals surface area contributed by atoms with E-state index in [1.54, 1.807) is 11.3 Å². The van der Waals surface area contributed by atoms with Crippen LogP contribution in [0.1, 0.15) is 36.1 Å². The Morgan fingerprint density at radius 2 is 2.40 bits per heavy atom. The van der Waals surface area contributed by atoms with Gasteiger partial charge in [0.2, 0.25) is 0 Å². The van der Waals surface area contributed by atoms with Gasteiger partial charge in [0, 0.05) is 29.4 Å². The van der Waals surface area contributed by atoms with Gasteiger partial charge < -0.3 is 10.2 Å². The van der Waals surface area contributed by atoms with Crippen molar-refractivity contribution in [3.05, 3.63) is 16.1 Å². The first-order valence-electron chi connectivity index (χ1n) is 7.13. The molecule has 0 radical (unpaired) electrons. The van der Waals surface area contributed by atoms with Crippen LogP contribution < -0.4 is 5.32 Å². The molecule has 0 aliphatic heterocycles. The second-order valence-corrected chi connectivity index (χ2v) is 8.06. The van der Waals surface area contributed by atoms with Crippen molar-refractivity contribution in [3.8, 4) is 0 Å². The van der Waals surface area contributed by atoms with Crippen LogP contribution in [-0.4, -0.2) is 40.0 Å². The summed E-state index contributed by atoms with van der Waals surface area (Å²) in [6, 6.07) is 0.422. The first-order valence-corrected chi connectivity index (χ1v) is 9.00. The minimum Gasteiger partial charge on any atom is -0.333 e.